The van der Waals surface area contributed by atoms with Crippen molar-refractivity contribution in [1.29, 1.82) is 0 Å². The molecule has 0 aromatic rings. The zero-order valence-electron chi connectivity index (χ0n) is 8.84. The van der Waals surface area contributed by atoms with Crippen LogP contribution in [0.3, 0.4) is 0 Å². The molecule has 1 atom stereocenters. The first-order valence-corrected chi connectivity index (χ1v) is 8.02. The lowest BCUT2D eigenvalue weighted by molar-refractivity contribution is -0.142. The number of esters is 1. The van der Waals surface area contributed by atoms with Gasteiger partial charge in [0.2, 0.25) is 0 Å². The molecule has 0 N–H and O–H groups in total. The Balaban J connectivity index is 3.35. The maximum absolute atomic E-state index is 10.8. The highest BCUT2D eigenvalue weighted by Gasteiger charge is 2.06. The molecule has 0 amide bonds. The van der Waals surface area contributed by atoms with E-state index in [1.54, 1.807) is 0 Å². The van der Waals surface area contributed by atoms with E-state index in [9.17, 15) is 4.79 Å². The summed E-state index contributed by atoms with van der Waals surface area (Å²) in [5.41, 5.74) is 0. The van der Waals surface area contributed by atoms with Gasteiger partial charge < -0.3 is 4.74 Å². The first-order valence-electron chi connectivity index (χ1n) is 4.91. The summed E-state index contributed by atoms with van der Waals surface area (Å²) in [6.45, 7) is 5.28. The normalized spacial score (nSPS) is 12.5. The summed E-state index contributed by atoms with van der Waals surface area (Å²) in [4.78, 5) is 10.8. The summed E-state index contributed by atoms with van der Waals surface area (Å²) in [7, 11) is 0.898. The van der Waals surface area contributed by atoms with Crippen molar-refractivity contribution in [2.45, 2.75) is 41.7 Å². The van der Waals surface area contributed by atoms with Gasteiger partial charge in [0.15, 0.2) is 0 Å². The highest BCUT2D eigenvalue weighted by atomic mass is 79.9. The van der Waals surface area contributed by atoms with Crippen LogP contribution in [0, 0.1) is 0 Å². The molecule has 0 spiro atoms. The lowest BCUT2D eigenvalue weighted by Gasteiger charge is -2.11. The topological polar surface area (TPSA) is 26.3 Å². The summed E-state index contributed by atoms with van der Waals surface area (Å²) in [6, 6.07) is 1.21. The van der Waals surface area contributed by atoms with Crippen molar-refractivity contribution in [3.05, 3.63) is 12.7 Å². The van der Waals surface area contributed by atoms with E-state index in [1.807, 2.05) is 6.92 Å². The fraction of sp³-hybridized carbons (Fsp3) is 0.700. The smallest absolute Gasteiger partial charge is 0.330 e. The Bertz CT molecular complexity index is 198. The van der Waals surface area contributed by atoms with Gasteiger partial charge in [-0.05, 0) is 13.3 Å². The Labute approximate surface area is 111 Å². The molecule has 0 saturated carbocycles. The molecule has 5 heteroatoms. The highest BCUT2D eigenvalue weighted by molar-refractivity contribution is 9.25. The zero-order chi connectivity index (χ0) is 11.7. The summed E-state index contributed by atoms with van der Waals surface area (Å²) in [6.07, 6.45) is 4.42. The van der Waals surface area contributed by atoms with Gasteiger partial charge in [0.05, 0.1) is 19.0 Å². The van der Waals surface area contributed by atoms with Gasteiger partial charge in [-0.3, -0.25) is 0 Å². The van der Waals surface area contributed by atoms with Crippen LogP contribution in [0.1, 0.15) is 26.2 Å². The predicted molar refractivity (Wildman–Crippen MR) is 71.8 cm³/mol. The number of carbonyl (C=O) groups excluding carboxylic acids is 1. The number of rotatable bonds is 8. The monoisotopic (exact) mass is 354 g/mol. The highest BCUT2D eigenvalue weighted by Crippen LogP contribution is 2.12. The molecule has 0 saturated heterocycles. The lowest BCUT2D eigenvalue weighted by atomic mass is 10.2. The lowest BCUT2D eigenvalue weighted by Crippen LogP contribution is -2.12. The molecule has 2 radical (unpaired) electrons. The van der Waals surface area contributed by atoms with Crippen LogP contribution >= 0.6 is 31.9 Å². The van der Waals surface area contributed by atoms with Gasteiger partial charge in [-0.25, -0.2) is 4.79 Å². The SMILES string of the molecule is C=CC(=O)OC(C)CCCC[Si]C(Br)Br. The number of halogens is 2. The van der Waals surface area contributed by atoms with Crippen molar-refractivity contribution in [3.63, 3.8) is 0 Å². The molecule has 0 heterocycles. The van der Waals surface area contributed by atoms with Crippen LogP contribution in [-0.4, -0.2) is 25.0 Å². The molecular formula is C10H16Br2O2Si. The average molecular weight is 356 g/mol. The molecule has 0 aromatic carbocycles. The van der Waals surface area contributed by atoms with E-state index in [2.05, 4.69) is 38.4 Å². The maximum atomic E-state index is 10.8. The third kappa shape index (κ3) is 10.7. The fourth-order valence-corrected chi connectivity index (χ4v) is 3.12. The van der Waals surface area contributed by atoms with E-state index in [1.165, 1.54) is 18.5 Å². The number of carbonyl (C=O) groups is 1. The molecule has 0 fully saturated rings. The van der Waals surface area contributed by atoms with Crippen molar-refractivity contribution in [3.8, 4) is 0 Å². The second kappa shape index (κ2) is 9.60. The average Bonchev–Trinajstić information content (AvgIpc) is 2.16. The summed E-state index contributed by atoms with van der Waals surface area (Å²) < 4.78 is 5.50. The minimum Gasteiger partial charge on any atom is -0.460 e. The Hall–Kier alpha value is 0.387. The van der Waals surface area contributed by atoms with Crippen LogP contribution in [0.15, 0.2) is 12.7 Å². The minimum atomic E-state index is -0.328. The second-order valence-electron chi connectivity index (χ2n) is 3.20. The van der Waals surface area contributed by atoms with Gasteiger partial charge in [-0.2, -0.15) is 0 Å². The molecule has 0 aromatic heterocycles. The second-order valence-corrected chi connectivity index (χ2v) is 9.44. The Kier molecular flexibility index (Phi) is 9.85. The van der Waals surface area contributed by atoms with E-state index in [0.29, 0.717) is 3.36 Å². The van der Waals surface area contributed by atoms with Crippen molar-refractivity contribution in [2.24, 2.45) is 0 Å². The summed E-state index contributed by atoms with van der Waals surface area (Å²) in [5, 5.41) is 0. The third-order valence-electron chi connectivity index (χ3n) is 1.82. The summed E-state index contributed by atoms with van der Waals surface area (Å²) >= 11 is 6.89. The molecular weight excluding hydrogens is 340 g/mol. The molecule has 15 heavy (non-hydrogen) atoms. The zero-order valence-corrected chi connectivity index (χ0v) is 13.0. The van der Waals surface area contributed by atoms with Gasteiger partial charge in [-0.1, -0.05) is 57.3 Å². The predicted octanol–water partition coefficient (Wildman–Crippen LogP) is 3.47. The Morgan fingerprint density at radius 1 is 1.53 bits per heavy atom. The minimum absolute atomic E-state index is 0.00238. The number of alkyl halides is 2. The van der Waals surface area contributed by atoms with Crippen LogP contribution in [-0.2, 0) is 9.53 Å². The number of unbranched alkanes of at least 4 members (excludes halogenated alkanes) is 1. The first-order chi connectivity index (χ1) is 7.06. The van der Waals surface area contributed by atoms with Gasteiger partial charge in [-0.15, -0.1) is 0 Å². The van der Waals surface area contributed by atoms with Crippen molar-refractivity contribution in [2.75, 3.05) is 0 Å². The van der Waals surface area contributed by atoms with Crippen molar-refractivity contribution in [1.82, 2.24) is 0 Å². The largest absolute Gasteiger partial charge is 0.460 e. The van der Waals surface area contributed by atoms with Gasteiger partial charge in [0.25, 0.3) is 0 Å². The molecule has 2 nitrogen and oxygen atoms in total. The van der Waals surface area contributed by atoms with Gasteiger partial charge in [0, 0.05) is 6.08 Å². The van der Waals surface area contributed by atoms with Crippen LogP contribution in [0.25, 0.3) is 0 Å². The Morgan fingerprint density at radius 2 is 2.20 bits per heavy atom. The third-order valence-corrected chi connectivity index (χ3v) is 4.71. The summed E-state index contributed by atoms with van der Waals surface area (Å²) in [5.74, 6) is -0.328. The number of ether oxygens (including phenoxy) is 1. The molecule has 0 aliphatic rings. The quantitative estimate of drug-likeness (QED) is 0.219. The molecule has 0 rings (SSSR count). The fourth-order valence-electron chi connectivity index (χ4n) is 1.07. The number of hydrogen-bond acceptors (Lipinski definition) is 2. The van der Waals surface area contributed by atoms with Crippen LogP contribution in [0.5, 0.6) is 0 Å². The molecule has 1 unspecified atom stereocenters. The van der Waals surface area contributed by atoms with Crippen LogP contribution < -0.4 is 0 Å². The molecule has 0 aliphatic heterocycles. The van der Waals surface area contributed by atoms with E-state index >= 15 is 0 Å². The molecule has 0 bridgehead atoms. The van der Waals surface area contributed by atoms with E-state index < -0.39 is 0 Å². The van der Waals surface area contributed by atoms with E-state index in [0.717, 1.165) is 22.4 Å². The van der Waals surface area contributed by atoms with Crippen molar-refractivity contribution >= 4 is 47.3 Å². The molecule has 86 valence electrons. The number of hydrogen-bond donors (Lipinski definition) is 0. The van der Waals surface area contributed by atoms with Gasteiger partial charge >= 0.3 is 5.97 Å². The Morgan fingerprint density at radius 3 is 2.73 bits per heavy atom. The van der Waals surface area contributed by atoms with Crippen LogP contribution in [0.2, 0.25) is 6.04 Å². The standard InChI is InChI=1S/C10H16Br2O2Si/c1-3-9(13)14-8(2)6-4-5-7-15-10(11)12/h3,8,10H,1,4-7H2,2H3. The first kappa shape index (κ1) is 15.4. The van der Waals surface area contributed by atoms with Gasteiger partial charge in [0.1, 0.15) is 0 Å². The van der Waals surface area contributed by atoms with E-state index in [4.69, 9.17) is 4.74 Å². The maximum Gasteiger partial charge on any atom is 0.330 e. The van der Waals surface area contributed by atoms with Crippen LogP contribution in [0.4, 0.5) is 0 Å². The molecule has 0 aliphatic carbocycles. The van der Waals surface area contributed by atoms with E-state index in [-0.39, 0.29) is 12.1 Å². The van der Waals surface area contributed by atoms with Crippen molar-refractivity contribution < 1.29 is 9.53 Å².